The molecule has 138 valence electrons. The third kappa shape index (κ3) is 5.83. The minimum absolute atomic E-state index is 0.0565. The van der Waals surface area contributed by atoms with E-state index in [9.17, 15) is 9.59 Å². The molecule has 6 heteroatoms. The molecule has 1 N–H and O–H groups in total. The number of carbonyl (C=O) groups excluding carboxylic acids is 2. The Kier molecular flexibility index (Phi) is 7.40. The van der Waals surface area contributed by atoms with Crippen molar-refractivity contribution in [2.24, 2.45) is 5.92 Å². The molecule has 1 unspecified atom stereocenters. The lowest BCUT2D eigenvalue weighted by molar-refractivity contribution is -0.124. The zero-order valence-electron chi connectivity index (χ0n) is 15.3. The van der Waals surface area contributed by atoms with Gasteiger partial charge in [-0.2, -0.15) is 0 Å². The Morgan fingerprint density at radius 2 is 2.20 bits per heavy atom. The van der Waals surface area contributed by atoms with Crippen LogP contribution in [0.5, 0.6) is 0 Å². The first-order chi connectivity index (χ1) is 12.0. The van der Waals surface area contributed by atoms with Crippen LogP contribution in [0.2, 0.25) is 0 Å². The van der Waals surface area contributed by atoms with Crippen LogP contribution in [0.4, 0.5) is 5.69 Å². The number of anilines is 1. The highest BCUT2D eigenvalue weighted by Gasteiger charge is 2.24. The Labute approximate surface area is 149 Å². The fourth-order valence-corrected chi connectivity index (χ4v) is 2.84. The van der Waals surface area contributed by atoms with Gasteiger partial charge in [0.15, 0.2) is 0 Å². The molecule has 1 heterocycles. The van der Waals surface area contributed by atoms with E-state index < -0.39 is 6.10 Å². The maximum atomic E-state index is 12.8. The van der Waals surface area contributed by atoms with Crippen molar-refractivity contribution in [1.29, 1.82) is 0 Å². The molecule has 2 rings (SSSR count). The monoisotopic (exact) mass is 348 g/mol. The second kappa shape index (κ2) is 9.53. The summed E-state index contributed by atoms with van der Waals surface area (Å²) in [6.45, 7) is 6.47. The predicted octanol–water partition coefficient (Wildman–Crippen LogP) is 2.55. The number of carbonyl (C=O) groups is 2. The molecule has 0 bridgehead atoms. The summed E-state index contributed by atoms with van der Waals surface area (Å²) in [4.78, 5) is 26.8. The minimum Gasteiger partial charge on any atom is -0.383 e. The van der Waals surface area contributed by atoms with E-state index in [-0.39, 0.29) is 11.8 Å². The summed E-state index contributed by atoms with van der Waals surface area (Å²) in [5.74, 6) is 0.155. The van der Waals surface area contributed by atoms with E-state index in [1.54, 1.807) is 36.3 Å². The normalized spacial score (nSPS) is 16.9. The number of hydrogen-bond donors (Lipinski definition) is 1. The SMILES string of the molecule is COCCN(CC(C)C)C(=O)c1cccc(NC(=O)C2CCCO2)c1. The van der Waals surface area contributed by atoms with Crippen molar-refractivity contribution in [2.45, 2.75) is 32.8 Å². The zero-order chi connectivity index (χ0) is 18.2. The maximum Gasteiger partial charge on any atom is 0.254 e. The Hall–Kier alpha value is -1.92. The van der Waals surface area contributed by atoms with Gasteiger partial charge < -0.3 is 19.7 Å². The molecule has 1 aromatic carbocycles. The Morgan fingerprint density at radius 3 is 2.84 bits per heavy atom. The molecule has 0 saturated carbocycles. The van der Waals surface area contributed by atoms with Gasteiger partial charge >= 0.3 is 0 Å². The van der Waals surface area contributed by atoms with Crippen molar-refractivity contribution >= 4 is 17.5 Å². The predicted molar refractivity (Wildman–Crippen MR) is 96.7 cm³/mol. The van der Waals surface area contributed by atoms with Crippen LogP contribution >= 0.6 is 0 Å². The number of nitrogens with zero attached hydrogens (tertiary/aromatic N) is 1. The van der Waals surface area contributed by atoms with Crippen LogP contribution in [-0.4, -0.2) is 56.2 Å². The Morgan fingerprint density at radius 1 is 1.40 bits per heavy atom. The summed E-state index contributed by atoms with van der Waals surface area (Å²) in [6.07, 6.45) is 1.25. The fourth-order valence-electron chi connectivity index (χ4n) is 2.84. The number of benzene rings is 1. The minimum atomic E-state index is -0.390. The molecule has 0 aliphatic carbocycles. The first-order valence-electron chi connectivity index (χ1n) is 8.82. The van der Waals surface area contributed by atoms with Gasteiger partial charge in [-0.25, -0.2) is 0 Å². The van der Waals surface area contributed by atoms with Crippen molar-refractivity contribution < 1.29 is 19.1 Å². The van der Waals surface area contributed by atoms with E-state index >= 15 is 0 Å². The molecule has 1 aromatic rings. The molecule has 1 fully saturated rings. The van der Waals surface area contributed by atoms with Gasteiger partial charge in [-0.1, -0.05) is 19.9 Å². The van der Waals surface area contributed by atoms with Gasteiger partial charge in [0.25, 0.3) is 11.8 Å². The van der Waals surface area contributed by atoms with Gasteiger partial charge in [0, 0.05) is 38.1 Å². The molecule has 2 amide bonds. The number of ether oxygens (including phenoxy) is 2. The number of rotatable bonds is 8. The highest BCUT2D eigenvalue weighted by Crippen LogP contribution is 2.17. The van der Waals surface area contributed by atoms with E-state index in [0.29, 0.717) is 43.5 Å². The van der Waals surface area contributed by atoms with Crippen LogP contribution in [0, 0.1) is 5.92 Å². The van der Waals surface area contributed by atoms with Crippen LogP contribution in [0.25, 0.3) is 0 Å². The van der Waals surface area contributed by atoms with E-state index in [4.69, 9.17) is 9.47 Å². The van der Waals surface area contributed by atoms with Crippen LogP contribution in [0.3, 0.4) is 0 Å². The summed E-state index contributed by atoms with van der Waals surface area (Å²) in [7, 11) is 1.62. The largest absolute Gasteiger partial charge is 0.383 e. The molecule has 1 saturated heterocycles. The third-order valence-electron chi connectivity index (χ3n) is 4.04. The summed E-state index contributed by atoms with van der Waals surface area (Å²) >= 11 is 0. The van der Waals surface area contributed by atoms with E-state index in [1.807, 2.05) is 0 Å². The second-order valence-electron chi connectivity index (χ2n) is 6.71. The van der Waals surface area contributed by atoms with Crippen LogP contribution in [0.15, 0.2) is 24.3 Å². The molecular formula is C19H28N2O4. The number of hydrogen-bond acceptors (Lipinski definition) is 4. The van der Waals surface area contributed by atoms with Gasteiger partial charge in [0.1, 0.15) is 6.10 Å². The van der Waals surface area contributed by atoms with Gasteiger partial charge in [-0.05, 0) is 37.0 Å². The van der Waals surface area contributed by atoms with Crippen LogP contribution in [-0.2, 0) is 14.3 Å². The van der Waals surface area contributed by atoms with Crippen molar-refractivity contribution in [3.8, 4) is 0 Å². The van der Waals surface area contributed by atoms with Crippen molar-refractivity contribution in [3.63, 3.8) is 0 Å². The van der Waals surface area contributed by atoms with Crippen molar-refractivity contribution in [3.05, 3.63) is 29.8 Å². The van der Waals surface area contributed by atoms with Gasteiger partial charge in [-0.3, -0.25) is 9.59 Å². The highest BCUT2D eigenvalue weighted by atomic mass is 16.5. The van der Waals surface area contributed by atoms with Gasteiger partial charge in [-0.15, -0.1) is 0 Å². The smallest absolute Gasteiger partial charge is 0.254 e. The third-order valence-corrected chi connectivity index (χ3v) is 4.04. The summed E-state index contributed by atoms with van der Waals surface area (Å²) < 4.78 is 10.5. The topological polar surface area (TPSA) is 67.9 Å². The van der Waals surface area contributed by atoms with Crippen molar-refractivity contribution in [1.82, 2.24) is 4.90 Å². The van der Waals surface area contributed by atoms with E-state index in [0.717, 1.165) is 12.8 Å². The highest BCUT2D eigenvalue weighted by molar-refractivity contribution is 5.98. The maximum absolute atomic E-state index is 12.8. The molecule has 0 spiro atoms. The molecule has 0 aromatic heterocycles. The lowest BCUT2D eigenvalue weighted by Crippen LogP contribution is -2.36. The average molecular weight is 348 g/mol. The summed E-state index contributed by atoms with van der Waals surface area (Å²) in [5, 5.41) is 2.84. The van der Waals surface area contributed by atoms with Crippen molar-refractivity contribution in [2.75, 3.05) is 38.7 Å². The number of amides is 2. The lowest BCUT2D eigenvalue weighted by atomic mass is 10.1. The fraction of sp³-hybridized carbons (Fsp3) is 0.579. The second-order valence-corrected chi connectivity index (χ2v) is 6.71. The average Bonchev–Trinajstić information content (AvgIpc) is 3.12. The summed E-state index contributed by atoms with van der Waals surface area (Å²) in [5.41, 5.74) is 1.17. The molecule has 0 radical (unpaired) electrons. The van der Waals surface area contributed by atoms with Crippen LogP contribution in [0.1, 0.15) is 37.0 Å². The first-order valence-corrected chi connectivity index (χ1v) is 8.82. The van der Waals surface area contributed by atoms with Crippen LogP contribution < -0.4 is 5.32 Å². The molecule has 6 nitrogen and oxygen atoms in total. The van der Waals surface area contributed by atoms with E-state index in [1.165, 1.54) is 0 Å². The summed E-state index contributed by atoms with van der Waals surface area (Å²) in [6, 6.07) is 7.05. The molecule has 25 heavy (non-hydrogen) atoms. The lowest BCUT2D eigenvalue weighted by Gasteiger charge is -2.24. The number of nitrogens with one attached hydrogen (secondary N) is 1. The Balaban J connectivity index is 2.06. The molecule has 1 aliphatic rings. The first kappa shape index (κ1) is 19.4. The van der Waals surface area contributed by atoms with Gasteiger partial charge in [0.05, 0.1) is 6.61 Å². The Bertz CT molecular complexity index is 583. The quantitative estimate of drug-likeness (QED) is 0.784. The van der Waals surface area contributed by atoms with E-state index in [2.05, 4.69) is 19.2 Å². The zero-order valence-corrected chi connectivity index (χ0v) is 15.3. The molecule has 1 atom stereocenters. The standard InChI is InChI=1S/C19H28N2O4/c1-14(2)13-21(9-11-24-3)19(23)15-6-4-7-16(12-15)20-18(22)17-8-5-10-25-17/h4,6-7,12,14,17H,5,8-11,13H2,1-3H3,(H,20,22). The van der Waals surface area contributed by atoms with Gasteiger partial charge in [0.2, 0.25) is 0 Å². The molecule has 1 aliphatic heterocycles. The number of methoxy groups -OCH3 is 1. The molecular weight excluding hydrogens is 320 g/mol.